The summed E-state index contributed by atoms with van der Waals surface area (Å²) in [6.07, 6.45) is -0.645. The van der Waals surface area contributed by atoms with Crippen LogP contribution in [0.4, 0.5) is 11.4 Å². The Balaban J connectivity index is 2.85. The molecule has 0 saturated carbocycles. The monoisotopic (exact) mass is 267 g/mol. The molecule has 0 aliphatic heterocycles. The number of carbonyl (C=O) groups excluding carboxylic acids is 1. The van der Waals surface area contributed by atoms with E-state index in [4.69, 9.17) is 10.5 Å². The van der Waals surface area contributed by atoms with Crippen molar-refractivity contribution in [1.82, 2.24) is 4.90 Å². The third-order valence-electron chi connectivity index (χ3n) is 2.57. The predicted molar refractivity (Wildman–Crippen MR) is 75.2 cm³/mol. The van der Waals surface area contributed by atoms with Gasteiger partial charge in [0, 0.05) is 39.1 Å². The third kappa shape index (κ3) is 4.42. The molecule has 0 spiro atoms. The molecule has 6 heteroatoms. The van der Waals surface area contributed by atoms with E-state index in [-0.39, 0.29) is 19.1 Å². The predicted octanol–water partition coefficient (Wildman–Crippen LogP) is 0.390. The van der Waals surface area contributed by atoms with Crippen LogP contribution in [0.1, 0.15) is 10.4 Å². The molecule has 1 aromatic carbocycles. The highest BCUT2D eigenvalue weighted by Gasteiger charge is 2.14. The first kappa shape index (κ1) is 15.3. The zero-order valence-corrected chi connectivity index (χ0v) is 11.5. The molecule has 4 N–H and O–H groups in total. The van der Waals surface area contributed by atoms with E-state index >= 15 is 0 Å². The molecule has 0 fully saturated rings. The number of carbonyl (C=O) groups is 1. The second kappa shape index (κ2) is 6.96. The van der Waals surface area contributed by atoms with Crippen LogP contribution < -0.4 is 11.1 Å². The van der Waals surface area contributed by atoms with Gasteiger partial charge in [-0.25, -0.2) is 0 Å². The van der Waals surface area contributed by atoms with Crippen molar-refractivity contribution in [1.29, 1.82) is 0 Å². The van der Waals surface area contributed by atoms with Crippen LogP contribution >= 0.6 is 0 Å². The van der Waals surface area contributed by atoms with Crippen molar-refractivity contribution >= 4 is 17.3 Å². The summed E-state index contributed by atoms with van der Waals surface area (Å²) >= 11 is 0. The molecule has 0 bridgehead atoms. The molecule has 0 aliphatic carbocycles. The highest BCUT2D eigenvalue weighted by molar-refractivity contribution is 6.00. The average Bonchev–Trinajstić information content (AvgIpc) is 2.36. The van der Waals surface area contributed by atoms with Gasteiger partial charge in [-0.15, -0.1) is 0 Å². The smallest absolute Gasteiger partial charge is 0.255 e. The Morgan fingerprint density at radius 3 is 2.79 bits per heavy atom. The van der Waals surface area contributed by atoms with E-state index in [0.29, 0.717) is 16.9 Å². The Labute approximate surface area is 113 Å². The maximum Gasteiger partial charge on any atom is 0.255 e. The van der Waals surface area contributed by atoms with Crippen molar-refractivity contribution in [3.63, 3.8) is 0 Å². The standard InChI is InChI=1S/C13H21N3O3/c1-16(2)13(18)11-5-4-9(14)6-12(11)15-7-10(17)8-19-3/h4-6,10,15,17H,7-8,14H2,1-3H3. The van der Waals surface area contributed by atoms with Gasteiger partial charge in [-0.3, -0.25) is 4.79 Å². The van der Waals surface area contributed by atoms with Crippen LogP contribution in [-0.2, 0) is 4.74 Å². The van der Waals surface area contributed by atoms with Gasteiger partial charge in [-0.05, 0) is 18.2 Å². The molecule has 1 atom stereocenters. The van der Waals surface area contributed by atoms with Gasteiger partial charge < -0.3 is 25.8 Å². The number of benzene rings is 1. The zero-order valence-electron chi connectivity index (χ0n) is 11.5. The molecule has 6 nitrogen and oxygen atoms in total. The Hall–Kier alpha value is -1.79. The number of aliphatic hydroxyl groups is 1. The number of amides is 1. The van der Waals surface area contributed by atoms with Crippen molar-refractivity contribution in [2.75, 3.05) is 45.4 Å². The second-order valence-corrected chi connectivity index (χ2v) is 4.49. The maximum atomic E-state index is 12.0. The van der Waals surface area contributed by atoms with Crippen LogP contribution in [0, 0.1) is 0 Å². The fourth-order valence-corrected chi connectivity index (χ4v) is 1.61. The van der Waals surface area contributed by atoms with Crippen molar-refractivity contribution in [3.05, 3.63) is 23.8 Å². The molecule has 0 aliphatic rings. The number of hydrogen-bond acceptors (Lipinski definition) is 5. The minimum atomic E-state index is -0.645. The fraction of sp³-hybridized carbons (Fsp3) is 0.462. The molecular weight excluding hydrogens is 246 g/mol. The molecule has 1 rings (SSSR count). The molecule has 0 aromatic heterocycles. The molecule has 19 heavy (non-hydrogen) atoms. The number of hydrogen-bond donors (Lipinski definition) is 3. The van der Waals surface area contributed by atoms with Gasteiger partial charge in [0.25, 0.3) is 5.91 Å². The number of aliphatic hydroxyl groups excluding tert-OH is 1. The van der Waals surface area contributed by atoms with Gasteiger partial charge in [0.05, 0.1) is 18.3 Å². The van der Waals surface area contributed by atoms with Crippen molar-refractivity contribution < 1.29 is 14.6 Å². The number of rotatable bonds is 6. The van der Waals surface area contributed by atoms with E-state index in [0.717, 1.165) is 0 Å². The van der Waals surface area contributed by atoms with Gasteiger partial charge in [0.1, 0.15) is 0 Å². The Morgan fingerprint density at radius 1 is 1.53 bits per heavy atom. The molecule has 1 unspecified atom stereocenters. The number of nitrogen functional groups attached to an aromatic ring is 1. The van der Waals surface area contributed by atoms with E-state index in [2.05, 4.69) is 5.32 Å². The summed E-state index contributed by atoms with van der Waals surface area (Å²) in [6, 6.07) is 5.02. The van der Waals surface area contributed by atoms with Gasteiger partial charge in [0.15, 0.2) is 0 Å². The number of anilines is 2. The maximum absolute atomic E-state index is 12.0. The molecule has 1 aromatic rings. The highest BCUT2D eigenvalue weighted by Crippen LogP contribution is 2.20. The van der Waals surface area contributed by atoms with Gasteiger partial charge in [-0.2, -0.15) is 0 Å². The quantitative estimate of drug-likeness (QED) is 0.649. The largest absolute Gasteiger partial charge is 0.399 e. The van der Waals surface area contributed by atoms with E-state index in [1.165, 1.54) is 12.0 Å². The topological polar surface area (TPSA) is 87.8 Å². The third-order valence-corrected chi connectivity index (χ3v) is 2.57. The lowest BCUT2D eigenvalue weighted by atomic mass is 10.1. The molecule has 0 saturated heterocycles. The first-order valence-electron chi connectivity index (χ1n) is 5.97. The SMILES string of the molecule is COCC(O)CNc1cc(N)ccc1C(=O)N(C)C. The van der Waals surface area contributed by atoms with E-state index < -0.39 is 6.10 Å². The Morgan fingerprint density at radius 2 is 2.21 bits per heavy atom. The van der Waals surface area contributed by atoms with Gasteiger partial charge >= 0.3 is 0 Å². The number of methoxy groups -OCH3 is 1. The van der Waals surface area contributed by atoms with E-state index in [9.17, 15) is 9.90 Å². The fourth-order valence-electron chi connectivity index (χ4n) is 1.61. The molecular formula is C13H21N3O3. The summed E-state index contributed by atoms with van der Waals surface area (Å²) in [5, 5.41) is 12.6. The van der Waals surface area contributed by atoms with Crippen molar-refractivity contribution in [2.45, 2.75) is 6.10 Å². The molecule has 1 amide bonds. The van der Waals surface area contributed by atoms with Gasteiger partial charge in [-0.1, -0.05) is 0 Å². The summed E-state index contributed by atoms with van der Waals surface area (Å²) in [7, 11) is 4.88. The van der Waals surface area contributed by atoms with Crippen LogP contribution in [0.2, 0.25) is 0 Å². The lowest BCUT2D eigenvalue weighted by molar-refractivity contribution is 0.0726. The van der Waals surface area contributed by atoms with E-state index in [1.807, 2.05) is 0 Å². The van der Waals surface area contributed by atoms with Crippen molar-refractivity contribution in [2.24, 2.45) is 0 Å². The highest BCUT2D eigenvalue weighted by atomic mass is 16.5. The summed E-state index contributed by atoms with van der Waals surface area (Å²) in [5.74, 6) is -0.122. The summed E-state index contributed by atoms with van der Waals surface area (Å²) in [6.45, 7) is 0.511. The normalized spacial score (nSPS) is 12.0. The summed E-state index contributed by atoms with van der Waals surface area (Å²) < 4.78 is 4.84. The molecule has 0 radical (unpaired) electrons. The van der Waals surface area contributed by atoms with Crippen LogP contribution in [-0.4, -0.2) is 56.4 Å². The lowest BCUT2D eigenvalue weighted by Gasteiger charge is -2.17. The Kier molecular flexibility index (Phi) is 5.59. The molecule has 0 heterocycles. The zero-order chi connectivity index (χ0) is 14.4. The number of nitrogens with zero attached hydrogens (tertiary/aromatic N) is 1. The Bertz CT molecular complexity index is 435. The van der Waals surface area contributed by atoms with E-state index in [1.54, 1.807) is 32.3 Å². The van der Waals surface area contributed by atoms with Crippen LogP contribution in [0.15, 0.2) is 18.2 Å². The van der Waals surface area contributed by atoms with Crippen LogP contribution in [0.25, 0.3) is 0 Å². The summed E-state index contributed by atoms with van der Waals surface area (Å²) in [5.41, 5.74) is 7.39. The van der Waals surface area contributed by atoms with Gasteiger partial charge in [0.2, 0.25) is 0 Å². The van der Waals surface area contributed by atoms with Crippen LogP contribution in [0.5, 0.6) is 0 Å². The average molecular weight is 267 g/mol. The van der Waals surface area contributed by atoms with Crippen molar-refractivity contribution in [3.8, 4) is 0 Å². The number of nitrogens with one attached hydrogen (secondary N) is 1. The lowest BCUT2D eigenvalue weighted by Crippen LogP contribution is -2.27. The second-order valence-electron chi connectivity index (χ2n) is 4.49. The first-order valence-corrected chi connectivity index (χ1v) is 5.97. The number of ether oxygens (including phenoxy) is 1. The summed E-state index contributed by atoms with van der Waals surface area (Å²) in [4.78, 5) is 13.5. The minimum Gasteiger partial charge on any atom is -0.399 e. The minimum absolute atomic E-state index is 0.122. The first-order chi connectivity index (χ1) is 8.95. The molecule has 106 valence electrons. The number of nitrogens with two attached hydrogens (primary N) is 1. The van der Waals surface area contributed by atoms with Crippen LogP contribution in [0.3, 0.4) is 0 Å².